The molecular formula is C15H9N3O6. The molecule has 0 bridgehead atoms. The van der Waals surface area contributed by atoms with Crippen LogP contribution in [0.2, 0.25) is 0 Å². The Kier molecular flexibility index (Phi) is 3.45. The van der Waals surface area contributed by atoms with Crippen LogP contribution in [0.5, 0.6) is 0 Å². The number of nitrogens with one attached hydrogen (secondary N) is 1. The first kappa shape index (κ1) is 15.2. The molecule has 0 aliphatic rings. The Balaban J connectivity index is 2.39. The fraction of sp³-hybridized carbons (Fsp3) is 0. The van der Waals surface area contributed by atoms with Gasteiger partial charge in [-0.2, -0.15) is 0 Å². The fourth-order valence-corrected chi connectivity index (χ4v) is 2.35. The number of rotatable bonds is 3. The van der Waals surface area contributed by atoms with E-state index in [1.807, 2.05) is 0 Å². The fourth-order valence-electron chi connectivity index (χ4n) is 2.35. The van der Waals surface area contributed by atoms with Gasteiger partial charge < -0.3 is 10.1 Å². The number of nitro groups is 1. The van der Waals surface area contributed by atoms with Gasteiger partial charge in [0.05, 0.1) is 27.2 Å². The molecule has 3 aromatic rings. The molecule has 0 aliphatic carbocycles. The summed E-state index contributed by atoms with van der Waals surface area (Å²) in [4.78, 5) is 47.7. The second-order valence-corrected chi connectivity index (χ2v) is 4.91. The number of fused-ring (bicyclic) bond motifs is 1. The van der Waals surface area contributed by atoms with Gasteiger partial charge in [0.15, 0.2) is 0 Å². The summed E-state index contributed by atoms with van der Waals surface area (Å²) in [6.07, 6.45) is 0. The zero-order valence-electron chi connectivity index (χ0n) is 11.9. The summed E-state index contributed by atoms with van der Waals surface area (Å²) in [5.41, 5.74) is -1.72. The van der Waals surface area contributed by atoms with Gasteiger partial charge in [-0.1, -0.05) is 6.07 Å². The zero-order valence-corrected chi connectivity index (χ0v) is 11.9. The van der Waals surface area contributed by atoms with Gasteiger partial charge in [0, 0.05) is 12.1 Å². The van der Waals surface area contributed by atoms with Crippen molar-refractivity contribution in [3.63, 3.8) is 0 Å². The molecule has 3 rings (SSSR count). The van der Waals surface area contributed by atoms with E-state index in [9.17, 15) is 24.5 Å². The van der Waals surface area contributed by atoms with Crippen LogP contribution in [0.3, 0.4) is 0 Å². The van der Waals surface area contributed by atoms with Gasteiger partial charge >= 0.3 is 17.1 Å². The van der Waals surface area contributed by atoms with Gasteiger partial charge in [-0.05, 0) is 24.3 Å². The second kappa shape index (κ2) is 5.47. The van der Waals surface area contributed by atoms with Crippen LogP contribution in [0.25, 0.3) is 16.7 Å². The molecule has 120 valence electrons. The molecule has 1 heterocycles. The first-order valence-corrected chi connectivity index (χ1v) is 6.65. The van der Waals surface area contributed by atoms with Gasteiger partial charge in [-0.3, -0.25) is 24.3 Å². The first-order valence-electron chi connectivity index (χ1n) is 6.65. The second-order valence-electron chi connectivity index (χ2n) is 4.91. The lowest BCUT2D eigenvalue weighted by atomic mass is 10.2. The monoisotopic (exact) mass is 327 g/mol. The molecule has 2 N–H and O–H groups in total. The molecule has 0 aliphatic heterocycles. The largest absolute Gasteiger partial charge is 0.478 e. The highest BCUT2D eigenvalue weighted by Gasteiger charge is 2.14. The van der Waals surface area contributed by atoms with E-state index in [4.69, 9.17) is 5.11 Å². The lowest BCUT2D eigenvalue weighted by Crippen LogP contribution is -2.35. The number of carbonyl (C=O) groups is 1. The summed E-state index contributed by atoms with van der Waals surface area (Å²) in [5.74, 6) is -1.19. The number of aromatic amines is 1. The molecule has 0 saturated carbocycles. The molecule has 1 aromatic heterocycles. The summed E-state index contributed by atoms with van der Waals surface area (Å²) in [5, 5.41) is 19.9. The van der Waals surface area contributed by atoms with Gasteiger partial charge in [0.2, 0.25) is 0 Å². The Morgan fingerprint density at radius 2 is 1.92 bits per heavy atom. The van der Waals surface area contributed by atoms with Crippen molar-refractivity contribution in [3.05, 3.63) is 78.8 Å². The Morgan fingerprint density at radius 1 is 1.17 bits per heavy atom. The Bertz CT molecular complexity index is 1110. The topological polar surface area (TPSA) is 135 Å². The number of hydrogen-bond acceptors (Lipinski definition) is 5. The van der Waals surface area contributed by atoms with E-state index in [0.717, 1.165) is 10.6 Å². The van der Waals surface area contributed by atoms with E-state index in [2.05, 4.69) is 4.98 Å². The summed E-state index contributed by atoms with van der Waals surface area (Å²) >= 11 is 0. The number of non-ortho nitro benzene ring substituents is 1. The van der Waals surface area contributed by atoms with E-state index < -0.39 is 22.0 Å². The maximum atomic E-state index is 12.2. The zero-order chi connectivity index (χ0) is 17.4. The standard InChI is InChI=1S/C15H9N3O6/c19-13-14(20)17(9-3-1-2-8(6-9)15(21)22)12-5-4-10(18(23)24)7-11(12)16-13/h1-7H,(H,16,19)(H,21,22). The number of benzene rings is 2. The van der Waals surface area contributed by atoms with Crippen molar-refractivity contribution >= 4 is 22.7 Å². The number of carboxylic acids is 1. The number of aromatic carboxylic acids is 1. The van der Waals surface area contributed by atoms with E-state index >= 15 is 0 Å². The van der Waals surface area contributed by atoms with Crippen LogP contribution in [0.15, 0.2) is 52.1 Å². The van der Waals surface area contributed by atoms with Crippen molar-refractivity contribution in [2.45, 2.75) is 0 Å². The average molecular weight is 327 g/mol. The van der Waals surface area contributed by atoms with Crippen LogP contribution in [0.4, 0.5) is 5.69 Å². The van der Waals surface area contributed by atoms with Crippen LogP contribution in [-0.4, -0.2) is 25.6 Å². The summed E-state index contributed by atoms with van der Waals surface area (Å²) < 4.78 is 1.02. The third kappa shape index (κ3) is 2.43. The maximum absolute atomic E-state index is 12.2. The number of aromatic nitrogens is 2. The highest BCUT2D eigenvalue weighted by Crippen LogP contribution is 2.20. The molecule has 0 fully saturated rings. The molecule has 0 spiro atoms. The minimum absolute atomic E-state index is 0.0604. The van der Waals surface area contributed by atoms with Crippen molar-refractivity contribution in [1.82, 2.24) is 9.55 Å². The van der Waals surface area contributed by atoms with E-state index in [1.165, 1.54) is 36.4 Å². The van der Waals surface area contributed by atoms with Gasteiger partial charge in [0.1, 0.15) is 0 Å². The molecule has 0 atom stereocenters. The highest BCUT2D eigenvalue weighted by molar-refractivity contribution is 5.88. The van der Waals surface area contributed by atoms with Crippen molar-refractivity contribution in [1.29, 1.82) is 0 Å². The Morgan fingerprint density at radius 3 is 2.58 bits per heavy atom. The highest BCUT2D eigenvalue weighted by atomic mass is 16.6. The molecule has 2 aromatic carbocycles. The van der Waals surface area contributed by atoms with Crippen LogP contribution in [0, 0.1) is 10.1 Å². The van der Waals surface area contributed by atoms with Crippen LogP contribution in [0.1, 0.15) is 10.4 Å². The molecule has 9 heteroatoms. The lowest BCUT2D eigenvalue weighted by Gasteiger charge is -2.10. The summed E-state index contributed by atoms with van der Waals surface area (Å²) in [6, 6.07) is 9.13. The molecule has 0 amide bonds. The smallest absolute Gasteiger partial charge is 0.335 e. The first-order chi connectivity index (χ1) is 11.4. The Labute approximate surface area is 132 Å². The number of H-pyrrole nitrogens is 1. The summed E-state index contributed by atoms with van der Waals surface area (Å²) in [7, 11) is 0. The molecule has 0 saturated heterocycles. The SMILES string of the molecule is O=C(O)c1cccc(-n2c(=O)c(=O)[nH]c3cc([N+](=O)[O-])ccc32)c1. The van der Waals surface area contributed by atoms with Gasteiger partial charge in [-0.25, -0.2) is 4.79 Å². The summed E-state index contributed by atoms with van der Waals surface area (Å²) in [6.45, 7) is 0. The minimum atomic E-state index is -1.19. The lowest BCUT2D eigenvalue weighted by molar-refractivity contribution is -0.384. The predicted octanol–water partition coefficient (Wildman–Crippen LogP) is 1.29. The molecule has 0 unspecified atom stereocenters. The number of hydrogen-bond donors (Lipinski definition) is 2. The number of carboxylic acid groups (broad SMARTS) is 1. The predicted molar refractivity (Wildman–Crippen MR) is 83.8 cm³/mol. The quantitative estimate of drug-likeness (QED) is 0.422. The van der Waals surface area contributed by atoms with Crippen LogP contribution < -0.4 is 11.1 Å². The van der Waals surface area contributed by atoms with Crippen molar-refractivity contribution in [2.75, 3.05) is 0 Å². The molecular weight excluding hydrogens is 318 g/mol. The van der Waals surface area contributed by atoms with Gasteiger partial charge in [0.25, 0.3) is 5.69 Å². The van der Waals surface area contributed by atoms with Crippen LogP contribution in [-0.2, 0) is 0 Å². The van der Waals surface area contributed by atoms with E-state index in [1.54, 1.807) is 0 Å². The number of nitrogens with zero attached hydrogens (tertiary/aromatic N) is 2. The van der Waals surface area contributed by atoms with Crippen molar-refractivity contribution < 1.29 is 14.8 Å². The van der Waals surface area contributed by atoms with E-state index in [0.29, 0.717) is 0 Å². The number of nitro benzene ring substituents is 1. The van der Waals surface area contributed by atoms with Crippen molar-refractivity contribution in [3.8, 4) is 5.69 Å². The van der Waals surface area contributed by atoms with Crippen LogP contribution >= 0.6 is 0 Å². The average Bonchev–Trinajstić information content (AvgIpc) is 2.55. The molecule has 9 nitrogen and oxygen atoms in total. The third-order valence-corrected chi connectivity index (χ3v) is 3.43. The normalized spacial score (nSPS) is 10.7. The third-order valence-electron chi connectivity index (χ3n) is 3.43. The Hall–Kier alpha value is -3.75. The minimum Gasteiger partial charge on any atom is -0.478 e. The van der Waals surface area contributed by atoms with Gasteiger partial charge in [-0.15, -0.1) is 0 Å². The van der Waals surface area contributed by atoms with E-state index in [-0.39, 0.29) is 28.0 Å². The molecule has 0 radical (unpaired) electrons. The maximum Gasteiger partial charge on any atom is 0.335 e. The molecule has 24 heavy (non-hydrogen) atoms. The van der Waals surface area contributed by atoms with Crippen molar-refractivity contribution in [2.24, 2.45) is 0 Å².